The number of benzene rings is 1. The molecule has 0 radical (unpaired) electrons. The van der Waals surface area contributed by atoms with Crippen molar-refractivity contribution < 1.29 is 4.79 Å². The molecule has 4 heteroatoms. The molecule has 21 heavy (non-hydrogen) atoms. The van der Waals surface area contributed by atoms with E-state index in [2.05, 4.69) is 31.0 Å². The molecule has 1 aromatic carbocycles. The number of nitrogen functional groups attached to an aromatic ring is 1. The minimum absolute atomic E-state index is 0.0432. The van der Waals surface area contributed by atoms with E-state index >= 15 is 0 Å². The van der Waals surface area contributed by atoms with Crippen molar-refractivity contribution in [3.8, 4) is 0 Å². The first kappa shape index (κ1) is 17.3. The van der Waals surface area contributed by atoms with Crippen molar-refractivity contribution in [2.45, 2.75) is 53.0 Å². The molecular weight excluding hydrogens is 262 g/mol. The van der Waals surface area contributed by atoms with Crippen molar-refractivity contribution in [1.29, 1.82) is 0 Å². The van der Waals surface area contributed by atoms with Gasteiger partial charge in [-0.1, -0.05) is 20.3 Å². The third-order valence-electron chi connectivity index (χ3n) is 3.81. The Morgan fingerprint density at radius 1 is 1.33 bits per heavy atom. The molecule has 1 rings (SSSR count). The van der Waals surface area contributed by atoms with Crippen LogP contribution < -0.4 is 16.0 Å². The molecule has 118 valence electrons. The first-order valence-corrected chi connectivity index (χ1v) is 7.99. The predicted molar refractivity (Wildman–Crippen MR) is 90.9 cm³/mol. The van der Waals surface area contributed by atoms with Crippen molar-refractivity contribution in [1.82, 2.24) is 5.32 Å². The summed E-state index contributed by atoms with van der Waals surface area (Å²) >= 11 is 0. The maximum absolute atomic E-state index is 12.0. The summed E-state index contributed by atoms with van der Waals surface area (Å²) in [6.07, 6.45) is 3.31. The van der Waals surface area contributed by atoms with E-state index in [4.69, 9.17) is 5.73 Å². The Balaban J connectivity index is 3.10. The Bertz CT molecular complexity index is 459. The second kappa shape index (κ2) is 8.55. The van der Waals surface area contributed by atoms with Gasteiger partial charge in [0, 0.05) is 24.7 Å². The smallest absolute Gasteiger partial charge is 0.251 e. The van der Waals surface area contributed by atoms with Gasteiger partial charge in [0.05, 0.1) is 11.4 Å². The second-order valence-corrected chi connectivity index (χ2v) is 5.44. The Labute approximate surface area is 128 Å². The monoisotopic (exact) mass is 291 g/mol. The molecule has 0 aromatic heterocycles. The number of nitrogens with two attached hydrogens (primary N) is 1. The third-order valence-corrected chi connectivity index (χ3v) is 3.81. The molecule has 3 N–H and O–H groups in total. The van der Waals surface area contributed by atoms with Gasteiger partial charge in [-0.2, -0.15) is 0 Å². The predicted octanol–water partition coefficient (Wildman–Crippen LogP) is 3.42. The standard InChI is InChI=1S/C17H29N3O/c1-5-8-11-20(13(4)6-2)16-12-14(9-10-15(16)18)17(21)19-7-3/h9-10,12-13H,5-8,11,18H2,1-4H3,(H,19,21). The number of anilines is 2. The number of nitrogens with zero attached hydrogens (tertiary/aromatic N) is 1. The van der Waals surface area contributed by atoms with E-state index in [0.29, 0.717) is 18.2 Å². The number of hydrogen-bond acceptors (Lipinski definition) is 3. The maximum Gasteiger partial charge on any atom is 0.251 e. The van der Waals surface area contributed by atoms with E-state index < -0.39 is 0 Å². The fourth-order valence-electron chi connectivity index (χ4n) is 2.32. The first-order valence-electron chi connectivity index (χ1n) is 7.99. The van der Waals surface area contributed by atoms with Crippen LogP contribution in [-0.2, 0) is 0 Å². The van der Waals surface area contributed by atoms with Crippen LogP contribution in [0.5, 0.6) is 0 Å². The fraction of sp³-hybridized carbons (Fsp3) is 0.588. The number of nitrogens with one attached hydrogen (secondary N) is 1. The molecule has 0 fully saturated rings. The van der Waals surface area contributed by atoms with Crippen LogP contribution in [0.1, 0.15) is 57.3 Å². The van der Waals surface area contributed by atoms with Crippen LogP contribution >= 0.6 is 0 Å². The molecule has 1 atom stereocenters. The Morgan fingerprint density at radius 3 is 2.62 bits per heavy atom. The summed E-state index contributed by atoms with van der Waals surface area (Å²) in [6, 6.07) is 5.95. The summed E-state index contributed by atoms with van der Waals surface area (Å²) in [5.74, 6) is -0.0432. The molecule has 0 saturated carbocycles. The number of amides is 1. The molecule has 1 amide bonds. The minimum atomic E-state index is -0.0432. The summed E-state index contributed by atoms with van der Waals surface area (Å²) in [4.78, 5) is 14.3. The molecular formula is C17H29N3O. The van der Waals surface area contributed by atoms with E-state index in [1.807, 2.05) is 19.1 Å². The highest BCUT2D eigenvalue weighted by Gasteiger charge is 2.17. The van der Waals surface area contributed by atoms with Crippen LogP contribution in [0, 0.1) is 0 Å². The van der Waals surface area contributed by atoms with Crippen molar-refractivity contribution >= 4 is 17.3 Å². The topological polar surface area (TPSA) is 58.4 Å². The van der Waals surface area contributed by atoms with E-state index in [1.54, 1.807) is 6.07 Å². The van der Waals surface area contributed by atoms with Gasteiger partial charge in [0.25, 0.3) is 5.91 Å². The molecule has 0 aliphatic carbocycles. The fourth-order valence-corrected chi connectivity index (χ4v) is 2.32. The molecule has 0 bridgehead atoms. The van der Waals surface area contributed by atoms with E-state index in [9.17, 15) is 4.79 Å². The second-order valence-electron chi connectivity index (χ2n) is 5.44. The van der Waals surface area contributed by atoms with Gasteiger partial charge >= 0.3 is 0 Å². The molecule has 0 aliphatic heterocycles. The van der Waals surface area contributed by atoms with Gasteiger partial charge in [-0.3, -0.25) is 4.79 Å². The molecule has 0 aliphatic rings. The molecule has 4 nitrogen and oxygen atoms in total. The maximum atomic E-state index is 12.0. The van der Waals surface area contributed by atoms with Gasteiger partial charge in [0.1, 0.15) is 0 Å². The van der Waals surface area contributed by atoms with Gasteiger partial charge in [-0.15, -0.1) is 0 Å². The number of carbonyl (C=O) groups excluding carboxylic acids is 1. The molecule has 0 heterocycles. The molecule has 0 spiro atoms. The lowest BCUT2D eigenvalue weighted by Gasteiger charge is -2.32. The average molecular weight is 291 g/mol. The highest BCUT2D eigenvalue weighted by Crippen LogP contribution is 2.27. The number of hydrogen-bond donors (Lipinski definition) is 2. The minimum Gasteiger partial charge on any atom is -0.397 e. The zero-order valence-corrected chi connectivity index (χ0v) is 13.8. The van der Waals surface area contributed by atoms with Crippen LogP contribution in [-0.4, -0.2) is 25.0 Å². The summed E-state index contributed by atoms with van der Waals surface area (Å²) in [5.41, 5.74) is 8.54. The Morgan fingerprint density at radius 2 is 2.05 bits per heavy atom. The van der Waals surface area contributed by atoms with Crippen molar-refractivity contribution in [2.24, 2.45) is 0 Å². The van der Waals surface area contributed by atoms with Gasteiger partial charge in [0.2, 0.25) is 0 Å². The SMILES string of the molecule is CCCCN(c1cc(C(=O)NCC)ccc1N)C(C)CC. The number of unbranched alkanes of at least 4 members (excludes halogenated alkanes) is 1. The highest BCUT2D eigenvalue weighted by molar-refractivity contribution is 5.96. The summed E-state index contributed by atoms with van der Waals surface area (Å²) in [5, 5.41) is 2.84. The summed E-state index contributed by atoms with van der Waals surface area (Å²) in [7, 11) is 0. The largest absolute Gasteiger partial charge is 0.397 e. The molecule has 1 unspecified atom stereocenters. The first-order chi connectivity index (χ1) is 10.0. The normalized spacial score (nSPS) is 12.0. The number of carbonyl (C=O) groups is 1. The summed E-state index contributed by atoms with van der Waals surface area (Å²) in [6.45, 7) is 10.1. The quantitative estimate of drug-likeness (QED) is 0.721. The van der Waals surface area contributed by atoms with E-state index in [0.717, 1.165) is 37.2 Å². The third kappa shape index (κ3) is 4.66. The van der Waals surface area contributed by atoms with Gasteiger partial charge in [0.15, 0.2) is 0 Å². The van der Waals surface area contributed by atoms with Crippen LogP contribution in [0.4, 0.5) is 11.4 Å². The Hall–Kier alpha value is -1.71. The lowest BCUT2D eigenvalue weighted by atomic mass is 10.1. The van der Waals surface area contributed by atoms with Crippen LogP contribution in [0.3, 0.4) is 0 Å². The Kier molecular flexibility index (Phi) is 7.06. The van der Waals surface area contributed by atoms with Gasteiger partial charge in [-0.05, 0) is 44.9 Å². The molecule has 0 saturated heterocycles. The average Bonchev–Trinajstić information content (AvgIpc) is 2.49. The van der Waals surface area contributed by atoms with Gasteiger partial charge < -0.3 is 16.0 Å². The van der Waals surface area contributed by atoms with E-state index in [-0.39, 0.29) is 5.91 Å². The van der Waals surface area contributed by atoms with Gasteiger partial charge in [-0.25, -0.2) is 0 Å². The zero-order chi connectivity index (χ0) is 15.8. The van der Waals surface area contributed by atoms with Crippen molar-refractivity contribution in [2.75, 3.05) is 23.7 Å². The number of rotatable bonds is 8. The van der Waals surface area contributed by atoms with Crippen LogP contribution in [0.2, 0.25) is 0 Å². The van der Waals surface area contributed by atoms with Crippen LogP contribution in [0.15, 0.2) is 18.2 Å². The zero-order valence-electron chi connectivity index (χ0n) is 13.8. The summed E-state index contributed by atoms with van der Waals surface area (Å²) < 4.78 is 0. The van der Waals surface area contributed by atoms with Crippen molar-refractivity contribution in [3.63, 3.8) is 0 Å². The van der Waals surface area contributed by atoms with E-state index in [1.165, 1.54) is 0 Å². The highest BCUT2D eigenvalue weighted by atomic mass is 16.1. The van der Waals surface area contributed by atoms with Crippen LogP contribution in [0.25, 0.3) is 0 Å². The lowest BCUT2D eigenvalue weighted by molar-refractivity contribution is 0.0956. The molecule has 1 aromatic rings. The lowest BCUT2D eigenvalue weighted by Crippen LogP contribution is -2.34. The van der Waals surface area contributed by atoms with Crippen molar-refractivity contribution in [3.05, 3.63) is 23.8 Å².